The first-order valence-electron chi connectivity index (χ1n) is 6.57. The van der Waals surface area contributed by atoms with Gasteiger partial charge in [0.15, 0.2) is 0 Å². The SMILES string of the molecule is Cc1cc2c(cc1N)N(S(=O)(=O)c1ccccc1Cl)CC2. The van der Waals surface area contributed by atoms with Crippen LogP contribution >= 0.6 is 11.6 Å². The number of nitrogen functional groups attached to an aromatic ring is 1. The van der Waals surface area contributed by atoms with Crippen LogP contribution in [0.2, 0.25) is 5.02 Å². The van der Waals surface area contributed by atoms with Crippen molar-refractivity contribution in [3.63, 3.8) is 0 Å². The Bertz CT molecular complexity index is 818. The van der Waals surface area contributed by atoms with Gasteiger partial charge in [0.1, 0.15) is 4.90 Å². The Labute approximate surface area is 129 Å². The molecule has 0 aromatic heterocycles. The van der Waals surface area contributed by atoms with Crippen LogP contribution in [0.4, 0.5) is 11.4 Å². The van der Waals surface area contributed by atoms with Crippen molar-refractivity contribution in [3.8, 4) is 0 Å². The third-order valence-corrected chi connectivity index (χ3v) is 6.04. The Morgan fingerprint density at radius 1 is 1.24 bits per heavy atom. The lowest BCUT2D eigenvalue weighted by atomic mass is 10.1. The molecule has 0 bridgehead atoms. The minimum absolute atomic E-state index is 0.124. The van der Waals surface area contributed by atoms with Crippen molar-refractivity contribution >= 4 is 33.0 Å². The predicted molar refractivity (Wildman–Crippen MR) is 85.3 cm³/mol. The van der Waals surface area contributed by atoms with E-state index in [2.05, 4.69) is 0 Å². The fourth-order valence-electron chi connectivity index (χ4n) is 2.57. The fraction of sp³-hybridized carbons (Fsp3) is 0.200. The van der Waals surface area contributed by atoms with E-state index in [1.54, 1.807) is 24.3 Å². The van der Waals surface area contributed by atoms with Gasteiger partial charge in [0.2, 0.25) is 0 Å². The van der Waals surface area contributed by atoms with E-state index < -0.39 is 10.0 Å². The fourth-order valence-corrected chi connectivity index (χ4v) is 4.56. The number of hydrogen-bond donors (Lipinski definition) is 1. The standard InChI is InChI=1S/C15H15ClN2O2S/c1-10-8-11-6-7-18(14(11)9-13(10)17)21(19,20)15-5-3-2-4-12(15)16/h2-5,8-9H,6-7,17H2,1H3. The second-order valence-electron chi connectivity index (χ2n) is 5.10. The molecule has 0 unspecified atom stereocenters. The molecule has 0 amide bonds. The maximum absolute atomic E-state index is 12.8. The summed E-state index contributed by atoms with van der Waals surface area (Å²) in [6, 6.07) is 10.2. The van der Waals surface area contributed by atoms with E-state index in [1.807, 2.05) is 13.0 Å². The zero-order valence-corrected chi connectivity index (χ0v) is 13.1. The number of sulfonamides is 1. The van der Waals surface area contributed by atoms with Crippen LogP contribution < -0.4 is 10.0 Å². The van der Waals surface area contributed by atoms with Crippen molar-refractivity contribution in [1.29, 1.82) is 0 Å². The van der Waals surface area contributed by atoms with Gasteiger partial charge in [-0.15, -0.1) is 0 Å². The van der Waals surface area contributed by atoms with Gasteiger partial charge in [0.25, 0.3) is 10.0 Å². The minimum atomic E-state index is -3.67. The Hall–Kier alpha value is -1.72. The van der Waals surface area contributed by atoms with Gasteiger partial charge in [0, 0.05) is 12.2 Å². The lowest BCUT2D eigenvalue weighted by molar-refractivity contribution is 0.592. The average Bonchev–Trinajstić information content (AvgIpc) is 2.83. The number of nitrogens with two attached hydrogens (primary N) is 1. The molecule has 110 valence electrons. The number of aryl methyl sites for hydroxylation is 1. The lowest BCUT2D eigenvalue weighted by Gasteiger charge is -2.20. The van der Waals surface area contributed by atoms with E-state index in [9.17, 15) is 8.42 Å². The van der Waals surface area contributed by atoms with E-state index in [0.29, 0.717) is 24.3 Å². The Kier molecular flexibility index (Phi) is 3.34. The van der Waals surface area contributed by atoms with E-state index in [4.69, 9.17) is 17.3 Å². The van der Waals surface area contributed by atoms with Crippen LogP contribution in [-0.2, 0) is 16.4 Å². The smallest absolute Gasteiger partial charge is 0.265 e. The number of fused-ring (bicyclic) bond motifs is 1. The topological polar surface area (TPSA) is 63.4 Å². The summed E-state index contributed by atoms with van der Waals surface area (Å²) in [5.41, 5.74) is 9.12. The van der Waals surface area contributed by atoms with Crippen molar-refractivity contribution in [2.75, 3.05) is 16.6 Å². The molecule has 0 aliphatic carbocycles. The molecule has 0 saturated heterocycles. The van der Waals surface area contributed by atoms with Crippen LogP contribution in [0.3, 0.4) is 0 Å². The molecular formula is C15H15ClN2O2S. The van der Waals surface area contributed by atoms with Gasteiger partial charge >= 0.3 is 0 Å². The number of benzene rings is 2. The van der Waals surface area contributed by atoms with Gasteiger partial charge in [-0.2, -0.15) is 0 Å². The Morgan fingerprint density at radius 3 is 2.67 bits per heavy atom. The highest BCUT2D eigenvalue weighted by Gasteiger charge is 2.32. The summed E-state index contributed by atoms with van der Waals surface area (Å²) < 4.78 is 27.0. The molecule has 2 aromatic rings. The number of anilines is 2. The molecule has 0 radical (unpaired) electrons. The molecule has 4 nitrogen and oxygen atoms in total. The van der Waals surface area contributed by atoms with Crippen molar-refractivity contribution < 1.29 is 8.42 Å². The molecule has 1 aliphatic heterocycles. The summed E-state index contributed by atoms with van der Waals surface area (Å²) >= 11 is 6.04. The predicted octanol–water partition coefficient (Wildman–Crippen LogP) is 2.98. The summed E-state index contributed by atoms with van der Waals surface area (Å²) in [6.45, 7) is 2.33. The highest BCUT2D eigenvalue weighted by atomic mass is 35.5. The van der Waals surface area contributed by atoms with Crippen molar-refractivity contribution in [3.05, 3.63) is 52.5 Å². The number of hydrogen-bond acceptors (Lipinski definition) is 3. The van der Waals surface area contributed by atoms with Gasteiger partial charge in [-0.25, -0.2) is 8.42 Å². The van der Waals surface area contributed by atoms with Gasteiger partial charge in [-0.05, 0) is 42.7 Å². The molecule has 1 aliphatic rings. The summed E-state index contributed by atoms with van der Waals surface area (Å²) in [6.07, 6.45) is 0.681. The van der Waals surface area contributed by atoms with E-state index in [0.717, 1.165) is 11.1 Å². The van der Waals surface area contributed by atoms with Gasteiger partial charge in [-0.1, -0.05) is 29.8 Å². The second-order valence-corrected chi connectivity index (χ2v) is 7.33. The quantitative estimate of drug-likeness (QED) is 0.864. The maximum atomic E-state index is 12.8. The summed E-state index contributed by atoms with van der Waals surface area (Å²) in [4.78, 5) is 0.124. The number of nitrogens with zero attached hydrogens (tertiary/aromatic N) is 1. The molecular weight excluding hydrogens is 308 g/mol. The first-order chi connectivity index (χ1) is 9.91. The summed E-state index contributed by atoms with van der Waals surface area (Å²) in [5, 5.41) is 0.228. The highest BCUT2D eigenvalue weighted by molar-refractivity contribution is 7.93. The van der Waals surface area contributed by atoms with Crippen LogP contribution in [0.1, 0.15) is 11.1 Å². The molecule has 2 aromatic carbocycles. The van der Waals surface area contributed by atoms with Gasteiger partial charge in [-0.3, -0.25) is 4.31 Å². The van der Waals surface area contributed by atoms with Crippen LogP contribution in [0.15, 0.2) is 41.3 Å². The molecule has 0 saturated carbocycles. The molecule has 1 heterocycles. The summed E-state index contributed by atoms with van der Waals surface area (Å²) in [5.74, 6) is 0. The maximum Gasteiger partial charge on any atom is 0.265 e. The first-order valence-corrected chi connectivity index (χ1v) is 8.39. The highest BCUT2D eigenvalue weighted by Crippen LogP contribution is 2.37. The average molecular weight is 323 g/mol. The van der Waals surface area contributed by atoms with Crippen molar-refractivity contribution in [1.82, 2.24) is 0 Å². The van der Waals surface area contributed by atoms with Crippen molar-refractivity contribution in [2.45, 2.75) is 18.2 Å². The zero-order chi connectivity index (χ0) is 15.2. The zero-order valence-electron chi connectivity index (χ0n) is 11.5. The minimum Gasteiger partial charge on any atom is -0.398 e. The molecule has 21 heavy (non-hydrogen) atoms. The Morgan fingerprint density at radius 2 is 1.95 bits per heavy atom. The van der Waals surface area contributed by atoms with Gasteiger partial charge < -0.3 is 5.73 Å². The van der Waals surface area contributed by atoms with Gasteiger partial charge in [0.05, 0.1) is 10.7 Å². The van der Waals surface area contributed by atoms with E-state index in [1.165, 1.54) is 10.4 Å². The largest absolute Gasteiger partial charge is 0.398 e. The molecule has 0 atom stereocenters. The van der Waals surface area contributed by atoms with Crippen LogP contribution in [0.25, 0.3) is 0 Å². The molecule has 0 fully saturated rings. The first kappa shape index (κ1) is 14.2. The number of rotatable bonds is 2. The number of halogens is 1. The molecule has 6 heteroatoms. The molecule has 0 spiro atoms. The molecule has 3 rings (SSSR count). The summed E-state index contributed by atoms with van der Waals surface area (Å²) in [7, 11) is -3.67. The third-order valence-electron chi connectivity index (χ3n) is 3.72. The Balaban J connectivity index is 2.13. The van der Waals surface area contributed by atoms with Crippen LogP contribution in [0, 0.1) is 6.92 Å². The molecule has 2 N–H and O–H groups in total. The van der Waals surface area contributed by atoms with E-state index >= 15 is 0 Å². The monoisotopic (exact) mass is 322 g/mol. The van der Waals surface area contributed by atoms with Crippen LogP contribution in [-0.4, -0.2) is 15.0 Å². The third kappa shape index (κ3) is 2.26. The van der Waals surface area contributed by atoms with E-state index in [-0.39, 0.29) is 9.92 Å². The second kappa shape index (κ2) is 4.93. The lowest BCUT2D eigenvalue weighted by Crippen LogP contribution is -2.29. The van der Waals surface area contributed by atoms with Crippen molar-refractivity contribution in [2.24, 2.45) is 0 Å². The van der Waals surface area contributed by atoms with Crippen LogP contribution in [0.5, 0.6) is 0 Å². The normalized spacial score (nSPS) is 14.3.